The fourth-order valence-electron chi connectivity index (χ4n) is 2.60. The summed E-state index contributed by atoms with van der Waals surface area (Å²) in [4.78, 5) is 12.1. The predicted octanol–water partition coefficient (Wildman–Crippen LogP) is 4.40. The Morgan fingerprint density at radius 1 is 1.28 bits per heavy atom. The van der Waals surface area contributed by atoms with Crippen LogP contribution in [0.3, 0.4) is 0 Å². The van der Waals surface area contributed by atoms with Crippen LogP contribution in [0, 0.1) is 11.3 Å². The van der Waals surface area contributed by atoms with Gasteiger partial charge in [0.2, 0.25) is 0 Å². The summed E-state index contributed by atoms with van der Waals surface area (Å²) in [6, 6.07) is 0. The van der Waals surface area contributed by atoms with E-state index in [1.807, 2.05) is 6.92 Å². The molecule has 0 heterocycles. The van der Waals surface area contributed by atoms with Crippen molar-refractivity contribution >= 4 is 14.1 Å². The molecular weight excluding hydrogens is 240 g/mol. The summed E-state index contributed by atoms with van der Waals surface area (Å²) >= 11 is 0. The molecule has 0 radical (unpaired) electrons. The van der Waals surface area contributed by atoms with Gasteiger partial charge in [-0.2, -0.15) is 0 Å². The molecular formula is C15H30O2Si. The number of hydrogen-bond acceptors (Lipinski definition) is 2. The zero-order valence-electron chi connectivity index (χ0n) is 13.4. The van der Waals surface area contributed by atoms with Gasteiger partial charge in [0.1, 0.15) is 5.78 Å². The smallest absolute Gasteiger partial charge is 0.192 e. The maximum Gasteiger partial charge on any atom is 0.192 e. The molecule has 1 rings (SSSR count). The Labute approximate surface area is 114 Å². The van der Waals surface area contributed by atoms with Crippen LogP contribution in [0.4, 0.5) is 0 Å². The number of Topliss-reactive ketones (excluding diaryl/α,β-unsaturated/α-hetero) is 1. The van der Waals surface area contributed by atoms with Gasteiger partial charge in [-0.1, -0.05) is 41.5 Å². The van der Waals surface area contributed by atoms with Gasteiger partial charge in [-0.05, 0) is 31.0 Å². The first kappa shape index (κ1) is 15.9. The monoisotopic (exact) mass is 270 g/mol. The number of hydrogen-bond donors (Lipinski definition) is 0. The molecule has 2 atom stereocenters. The minimum Gasteiger partial charge on any atom is -0.414 e. The molecule has 0 aromatic rings. The van der Waals surface area contributed by atoms with Crippen LogP contribution in [0.1, 0.15) is 54.4 Å². The maximum atomic E-state index is 12.1. The second-order valence-corrected chi connectivity index (χ2v) is 12.8. The molecule has 1 fully saturated rings. The number of ketones is 1. The topological polar surface area (TPSA) is 26.3 Å². The molecule has 0 aromatic heterocycles. The van der Waals surface area contributed by atoms with Crippen molar-refractivity contribution in [2.75, 3.05) is 0 Å². The Morgan fingerprint density at radius 2 is 1.78 bits per heavy atom. The molecule has 0 aliphatic heterocycles. The number of rotatable bonds is 2. The van der Waals surface area contributed by atoms with Crippen LogP contribution in [-0.4, -0.2) is 20.2 Å². The van der Waals surface area contributed by atoms with E-state index in [-0.39, 0.29) is 22.5 Å². The number of carbonyl (C=O) groups excluding carboxylic acids is 1. The van der Waals surface area contributed by atoms with Gasteiger partial charge < -0.3 is 4.43 Å². The van der Waals surface area contributed by atoms with Crippen molar-refractivity contribution < 1.29 is 9.22 Å². The van der Waals surface area contributed by atoms with Crippen molar-refractivity contribution in [3.63, 3.8) is 0 Å². The summed E-state index contributed by atoms with van der Waals surface area (Å²) in [5, 5.41) is 0.238. The van der Waals surface area contributed by atoms with Gasteiger partial charge >= 0.3 is 0 Å². The molecule has 1 saturated carbocycles. The largest absolute Gasteiger partial charge is 0.414 e. The molecule has 2 nitrogen and oxygen atoms in total. The molecule has 1 aliphatic carbocycles. The fraction of sp³-hybridized carbons (Fsp3) is 0.933. The highest BCUT2D eigenvalue weighted by atomic mass is 28.4. The van der Waals surface area contributed by atoms with Crippen molar-refractivity contribution in [1.82, 2.24) is 0 Å². The van der Waals surface area contributed by atoms with E-state index in [9.17, 15) is 4.79 Å². The van der Waals surface area contributed by atoms with Gasteiger partial charge in [0, 0.05) is 17.4 Å². The average molecular weight is 270 g/mol. The van der Waals surface area contributed by atoms with Gasteiger partial charge in [0.15, 0.2) is 8.32 Å². The molecule has 106 valence electrons. The lowest BCUT2D eigenvalue weighted by Crippen LogP contribution is -2.49. The average Bonchev–Trinajstić information content (AvgIpc) is 2.10. The summed E-state index contributed by atoms with van der Waals surface area (Å²) in [6.07, 6.45) is 2.03. The van der Waals surface area contributed by atoms with Crippen LogP contribution in [0.15, 0.2) is 0 Å². The van der Waals surface area contributed by atoms with E-state index in [1.54, 1.807) is 0 Å². The molecule has 0 aromatic carbocycles. The van der Waals surface area contributed by atoms with Gasteiger partial charge in [-0.15, -0.1) is 0 Å². The lowest BCUT2D eigenvalue weighted by molar-refractivity contribution is -0.137. The zero-order chi connectivity index (χ0) is 14.4. The van der Waals surface area contributed by atoms with Gasteiger partial charge in [-0.3, -0.25) is 4.79 Å². The van der Waals surface area contributed by atoms with Crippen LogP contribution in [0.2, 0.25) is 18.1 Å². The first-order valence-electron chi connectivity index (χ1n) is 7.09. The third-order valence-corrected chi connectivity index (χ3v) is 9.27. The molecule has 0 saturated heterocycles. The minimum absolute atomic E-state index is 0.142. The maximum absolute atomic E-state index is 12.1. The van der Waals surface area contributed by atoms with E-state index in [0.29, 0.717) is 5.78 Å². The Kier molecular flexibility index (Phi) is 4.20. The van der Waals surface area contributed by atoms with E-state index in [4.69, 9.17) is 4.43 Å². The fourth-order valence-corrected chi connectivity index (χ4v) is 3.97. The molecule has 0 spiro atoms. The Hall–Kier alpha value is -0.153. The minimum atomic E-state index is -1.72. The molecule has 0 amide bonds. The molecule has 0 N–H and O–H groups in total. The van der Waals surface area contributed by atoms with E-state index in [2.05, 4.69) is 47.7 Å². The summed E-state index contributed by atoms with van der Waals surface area (Å²) in [5.41, 5.74) is -0.218. The van der Waals surface area contributed by atoms with Crippen LogP contribution in [-0.2, 0) is 9.22 Å². The quantitative estimate of drug-likeness (QED) is 0.695. The van der Waals surface area contributed by atoms with Crippen molar-refractivity contribution in [3.8, 4) is 0 Å². The Bertz CT molecular complexity index is 326. The van der Waals surface area contributed by atoms with Gasteiger partial charge in [-0.25, -0.2) is 0 Å². The second-order valence-electron chi connectivity index (χ2n) is 8.09. The van der Waals surface area contributed by atoms with E-state index >= 15 is 0 Å². The van der Waals surface area contributed by atoms with Crippen molar-refractivity contribution in [3.05, 3.63) is 0 Å². The Balaban J connectivity index is 2.79. The highest BCUT2D eigenvalue weighted by molar-refractivity contribution is 6.74. The van der Waals surface area contributed by atoms with Gasteiger partial charge in [0.25, 0.3) is 0 Å². The molecule has 0 unspecified atom stereocenters. The first-order chi connectivity index (χ1) is 7.87. The van der Waals surface area contributed by atoms with Gasteiger partial charge in [0.05, 0.1) is 0 Å². The molecule has 0 bridgehead atoms. The van der Waals surface area contributed by atoms with Crippen LogP contribution in [0.25, 0.3) is 0 Å². The number of carbonyl (C=O) groups is 1. The zero-order valence-corrected chi connectivity index (χ0v) is 14.4. The SMILES string of the molecule is C[C@@H]1C[C@H](O[Si](C)(C)C(C)(C)C)CC(C)(C)C1=O. The third kappa shape index (κ3) is 3.24. The van der Waals surface area contributed by atoms with Crippen molar-refractivity contribution in [2.45, 2.75) is 78.6 Å². The van der Waals surface area contributed by atoms with Crippen LogP contribution in [0.5, 0.6) is 0 Å². The normalized spacial score (nSPS) is 29.4. The summed E-state index contributed by atoms with van der Waals surface area (Å²) in [5.74, 6) is 0.543. The highest BCUT2D eigenvalue weighted by Crippen LogP contribution is 2.42. The first-order valence-corrected chi connectivity index (χ1v) is 10.00. The molecule has 18 heavy (non-hydrogen) atoms. The van der Waals surface area contributed by atoms with E-state index < -0.39 is 8.32 Å². The summed E-state index contributed by atoms with van der Waals surface area (Å²) in [6.45, 7) is 17.6. The summed E-state index contributed by atoms with van der Waals surface area (Å²) in [7, 11) is -1.72. The van der Waals surface area contributed by atoms with Crippen molar-refractivity contribution in [1.29, 1.82) is 0 Å². The molecule has 1 aliphatic rings. The standard InChI is InChI=1S/C15H30O2Si/c1-11-9-12(10-15(5,6)13(11)16)17-18(7,8)14(2,3)4/h11-12H,9-10H2,1-8H3/t11-,12+/m1/s1. The summed E-state index contributed by atoms with van der Waals surface area (Å²) < 4.78 is 6.48. The van der Waals surface area contributed by atoms with E-state index in [0.717, 1.165) is 12.8 Å². The predicted molar refractivity (Wildman–Crippen MR) is 79.3 cm³/mol. The van der Waals surface area contributed by atoms with E-state index in [1.165, 1.54) is 0 Å². The lowest BCUT2D eigenvalue weighted by atomic mass is 9.70. The van der Waals surface area contributed by atoms with Crippen LogP contribution < -0.4 is 0 Å². The second kappa shape index (κ2) is 4.75. The highest BCUT2D eigenvalue weighted by Gasteiger charge is 2.45. The Morgan fingerprint density at radius 3 is 2.17 bits per heavy atom. The molecule has 3 heteroatoms. The third-order valence-electron chi connectivity index (χ3n) is 4.74. The van der Waals surface area contributed by atoms with Crippen molar-refractivity contribution in [2.24, 2.45) is 11.3 Å². The van der Waals surface area contributed by atoms with Crippen LogP contribution >= 0.6 is 0 Å². The lowest BCUT2D eigenvalue weighted by Gasteiger charge is -2.44.